The van der Waals surface area contributed by atoms with Crippen molar-refractivity contribution in [1.29, 1.82) is 0 Å². The second kappa shape index (κ2) is 4.12. The van der Waals surface area contributed by atoms with Gasteiger partial charge in [-0.1, -0.05) is 20.8 Å². The molecule has 0 aliphatic heterocycles. The van der Waals surface area contributed by atoms with Crippen LogP contribution in [0.15, 0.2) is 28.9 Å². The van der Waals surface area contributed by atoms with Gasteiger partial charge < -0.3 is 9.52 Å². The lowest BCUT2D eigenvalue weighted by Crippen LogP contribution is -2.11. The van der Waals surface area contributed by atoms with Crippen LogP contribution in [0.3, 0.4) is 0 Å². The van der Waals surface area contributed by atoms with Gasteiger partial charge in [0.15, 0.2) is 11.6 Å². The summed E-state index contributed by atoms with van der Waals surface area (Å²) in [5.41, 5.74) is 0.502. The minimum absolute atomic E-state index is 0.229. The average molecular weight is 252 g/mol. The van der Waals surface area contributed by atoms with Crippen molar-refractivity contribution < 1.29 is 18.3 Å². The maximum atomic E-state index is 13.3. The second-order valence-corrected chi connectivity index (χ2v) is 5.20. The van der Waals surface area contributed by atoms with Gasteiger partial charge in [-0.25, -0.2) is 8.78 Å². The number of phenols is 1. The zero-order valence-electron chi connectivity index (χ0n) is 10.4. The van der Waals surface area contributed by atoms with Gasteiger partial charge in [-0.15, -0.1) is 0 Å². The Morgan fingerprint density at radius 2 is 1.67 bits per heavy atom. The third-order valence-electron chi connectivity index (χ3n) is 2.68. The SMILES string of the molecule is CC(C)(C)c1occc1-c1cc(F)c(F)cc1O. The van der Waals surface area contributed by atoms with Crippen molar-refractivity contribution in [3.63, 3.8) is 0 Å². The van der Waals surface area contributed by atoms with Crippen LogP contribution in [-0.2, 0) is 5.41 Å². The molecule has 2 aromatic rings. The van der Waals surface area contributed by atoms with Gasteiger partial charge in [0.05, 0.1) is 6.26 Å². The molecule has 1 aromatic heterocycles. The van der Waals surface area contributed by atoms with Crippen LogP contribution < -0.4 is 0 Å². The van der Waals surface area contributed by atoms with E-state index in [1.165, 1.54) is 6.26 Å². The Kier molecular flexibility index (Phi) is 2.89. The Morgan fingerprint density at radius 1 is 1.06 bits per heavy atom. The summed E-state index contributed by atoms with van der Waals surface area (Å²) in [7, 11) is 0. The predicted molar refractivity (Wildman–Crippen MR) is 64.4 cm³/mol. The smallest absolute Gasteiger partial charge is 0.162 e. The van der Waals surface area contributed by atoms with E-state index in [2.05, 4.69) is 0 Å². The fourth-order valence-corrected chi connectivity index (χ4v) is 1.85. The Balaban J connectivity index is 2.64. The molecule has 2 nitrogen and oxygen atoms in total. The van der Waals surface area contributed by atoms with Crippen LogP contribution in [0.2, 0.25) is 0 Å². The Hall–Kier alpha value is -1.84. The van der Waals surface area contributed by atoms with Gasteiger partial charge in [0.1, 0.15) is 11.5 Å². The van der Waals surface area contributed by atoms with Crippen LogP contribution in [0.1, 0.15) is 26.5 Å². The second-order valence-electron chi connectivity index (χ2n) is 5.20. The Morgan fingerprint density at radius 3 is 2.28 bits per heavy atom. The van der Waals surface area contributed by atoms with Crippen LogP contribution in [0.4, 0.5) is 8.78 Å². The Bertz CT molecular complexity index is 580. The molecule has 4 heteroatoms. The minimum atomic E-state index is -1.07. The first-order valence-corrected chi connectivity index (χ1v) is 5.57. The van der Waals surface area contributed by atoms with E-state index in [4.69, 9.17) is 4.42 Å². The number of halogens is 2. The van der Waals surface area contributed by atoms with Gasteiger partial charge in [0.25, 0.3) is 0 Å². The normalized spacial score (nSPS) is 11.8. The van der Waals surface area contributed by atoms with Crippen LogP contribution >= 0.6 is 0 Å². The summed E-state index contributed by atoms with van der Waals surface area (Å²) < 4.78 is 31.6. The van der Waals surface area contributed by atoms with Crippen molar-refractivity contribution in [2.45, 2.75) is 26.2 Å². The van der Waals surface area contributed by atoms with Gasteiger partial charge >= 0.3 is 0 Å². The zero-order chi connectivity index (χ0) is 13.5. The van der Waals surface area contributed by atoms with Gasteiger partial charge in [-0.3, -0.25) is 0 Å². The molecule has 18 heavy (non-hydrogen) atoms. The monoisotopic (exact) mass is 252 g/mol. The van der Waals surface area contributed by atoms with Crippen LogP contribution in [0.25, 0.3) is 11.1 Å². The summed E-state index contributed by atoms with van der Waals surface area (Å²) in [5, 5.41) is 9.73. The summed E-state index contributed by atoms with van der Waals surface area (Å²) in [6.45, 7) is 5.81. The van der Waals surface area contributed by atoms with Gasteiger partial charge in [-0.05, 0) is 12.1 Å². The largest absolute Gasteiger partial charge is 0.507 e. The van der Waals surface area contributed by atoms with E-state index in [-0.39, 0.29) is 16.7 Å². The predicted octanol–water partition coefficient (Wildman–Crippen LogP) is 4.23. The standard InChI is InChI=1S/C14H14F2O2/c1-14(2,3)13-8(4-5-18-13)9-6-10(15)11(16)7-12(9)17/h4-7,17H,1-3H3. The van der Waals surface area contributed by atoms with Gasteiger partial charge in [-0.2, -0.15) is 0 Å². The van der Waals surface area contributed by atoms with E-state index in [9.17, 15) is 13.9 Å². The highest BCUT2D eigenvalue weighted by molar-refractivity contribution is 5.72. The number of hydrogen-bond acceptors (Lipinski definition) is 2. The number of phenolic OH excluding ortho intramolecular Hbond substituents is 1. The van der Waals surface area contributed by atoms with E-state index in [1.54, 1.807) is 6.07 Å². The fraction of sp³-hybridized carbons (Fsp3) is 0.286. The lowest BCUT2D eigenvalue weighted by atomic mass is 9.88. The molecule has 0 radical (unpaired) electrons. The highest BCUT2D eigenvalue weighted by atomic mass is 19.2. The van der Waals surface area contributed by atoms with E-state index < -0.39 is 11.6 Å². The summed E-state index contributed by atoms with van der Waals surface area (Å²) in [6, 6.07) is 3.38. The maximum Gasteiger partial charge on any atom is 0.162 e. The Labute approximate surface area is 104 Å². The lowest BCUT2D eigenvalue weighted by Gasteiger charge is -2.17. The molecule has 1 aromatic carbocycles. The first kappa shape index (κ1) is 12.6. The summed E-state index contributed by atoms with van der Waals surface area (Å²) in [5.74, 6) is -1.76. The third kappa shape index (κ3) is 2.10. The molecule has 0 fully saturated rings. The molecule has 0 unspecified atom stereocenters. The van der Waals surface area contributed by atoms with Crippen molar-refractivity contribution in [1.82, 2.24) is 0 Å². The molecule has 1 N–H and O–H groups in total. The fourth-order valence-electron chi connectivity index (χ4n) is 1.85. The van der Waals surface area contributed by atoms with Gasteiger partial charge in [0.2, 0.25) is 0 Å². The molecule has 2 rings (SSSR count). The highest BCUT2D eigenvalue weighted by Crippen LogP contribution is 2.38. The molecule has 0 saturated heterocycles. The van der Waals surface area contributed by atoms with Gasteiger partial charge in [0, 0.05) is 22.6 Å². The van der Waals surface area contributed by atoms with E-state index in [1.807, 2.05) is 20.8 Å². The van der Waals surface area contributed by atoms with Crippen molar-refractivity contribution in [3.05, 3.63) is 41.9 Å². The quantitative estimate of drug-likeness (QED) is 0.824. The van der Waals surface area contributed by atoms with Crippen LogP contribution in [-0.4, -0.2) is 5.11 Å². The van der Waals surface area contributed by atoms with E-state index in [0.29, 0.717) is 11.3 Å². The van der Waals surface area contributed by atoms with Crippen LogP contribution in [0, 0.1) is 11.6 Å². The molecule has 0 amide bonds. The number of hydrogen-bond donors (Lipinski definition) is 1. The molecule has 0 bridgehead atoms. The third-order valence-corrected chi connectivity index (χ3v) is 2.68. The molecular formula is C14H14F2O2. The maximum absolute atomic E-state index is 13.3. The van der Waals surface area contributed by atoms with Crippen molar-refractivity contribution in [3.8, 4) is 16.9 Å². The summed E-state index contributed by atoms with van der Waals surface area (Å²) in [4.78, 5) is 0. The number of benzene rings is 1. The first-order chi connectivity index (χ1) is 8.30. The molecule has 0 spiro atoms. The van der Waals surface area contributed by atoms with Crippen molar-refractivity contribution in [2.75, 3.05) is 0 Å². The number of rotatable bonds is 1. The number of aromatic hydroxyl groups is 1. The summed E-state index contributed by atoms with van der Waals surface area (Å²) >= 11 is 0. The molecule has 96 valence electrons. The van der Waals surface area contributed by atoms with E-state index >= 15 is 0 Å². The first-order valence-electron chi connectivity index (χ1n) is 5.57. The van der Waals surface area contributed by atoms with Crippen LogP contribution in [0.5, 0.6) is 5.75 Å². The van der Waals surface area contributed by atoms with Crippen molar-refractivity contribution >= 4 is 0 Å². The zero-order valence-corrected chi connectivity index (χ0v) is 10.4. The highest BCUT2D eigenvalue weighted by Gasteiger charge is 2.24. The minimum Gasteiger partial charge on any atom is -0.507 e. The lowest BCUT2D eigenvalue weighted by molar-refractivity contribution is 0.410. The topological polar surface area (TPSA) is 33.4 Å². The molecular weight excluding hydrogens is 238 g/mol. The molecule has 1 heterocycles. The molecule has 0 aliphatic rings. The molecule has 0 atom stereocenters. The molecule has 0 aliphatic carbocycles. The summed E-state index contributed by atoms with van der Waals surface area (Å²) in [6.07, 6.45) is 1.47. The number of furan rings is 1. The van der Waals surface area contributed by atoms with Crippen molar-refractivity contribution in [2.24, 2.45) is 0 Å². The molecule has 0 saturated carbocycles. The van der Waals surface area contributed by atoms with E-state index in [0.717, 1.165) is 12.1 Å². The average Bonchev–Trinajstić information content (AvgIpc) is 2.71.